The molecule has 4 aliphatic rings. The van der Waals surface area contributed by atoms with Gasteiger partial charge >= 0.3 is 0 Å². The summed E-state index contributed by atoms with van der Waals surface area (Å²) in [6.45, 7) is 4.47. The predicted octanol–water partition coefficient (Wildman–Crippen LogP) is 1.80. The highest BCUT2D eigenvalue weighted by Gasteiger charge is 2.50. The molecule has 8 rings (SSSR count). The summed E-state index contributed by atoms with van der Waals surface area (Å²) in [6.07, 6.45) is 0.647. The minimum Gasteiger partial charge on any atom is -0.508 e. The van der Waals surface area contributed by atoms with E-state index in [2.05, 4.69) is 17.2 Å². The van der Waals surface area contributed by atoms with Gasteiger partial charge in [0.15, 0.2) is 11.2 Å². The van der Waals surface area contributed by atoms with Crippen molar-refractivity contribution in [1.82, 2.24) is 5.32 Å². The molecule has 9 atom stereocenters. The quantitative estimate of drug-likeness (QED) is 0.0614. The highest BCUT2D eigenvalue weighted by Crippen LogP contribution is 2.46. The fourth-order valence-corrected chi connectivity index (χ4v) is 9.23. The van der Waals surface area contributed by atoms with Crippen LogP contribution in [0.15, 0.2) is 80.2 Å². The Kier molecular flexibility index (Phi) is 11.6. The number of aryl methyl sites for hydroxylation is 1. The van der Waals surface area contributed by atoms with E-state index in [-0.39, 0.29) is 41.2 Å². The van der Waals surface area contributed by atoms with Crippen molar-refractivity contribution in [2.45, 2.75) is 101 Å². The van der Waals surface area contributed by atoms with Crippen LogP contribution in [-0.2, 0) is 27.4 Å². The van der Waals surface area contributed by atoms with E-state index < -0.39 is 55.3 Å². The number of carbonyl (C=O) groups excluding carboxylic acids is 1. The smallest absolute Gasteiger partial charge is 0.222 e. The number of fused-ring (bicyclic) bond motifs is 4. The van der Waals surface area contributed by atoms with Crippen LogP contribution in [0.5, 0.6) is 17.2 Å². The van der Waals surface area contributed by atoms with E-state index in [4.69, 9.17) is 18.9 Å². The lowest BCUT2D eigenvalue weighted by Crippen LogP contribution is -3.05. The molecule has 0 spiro atoms. The van der Waals surface area contributed by atoms with Crippen LogP contribution in [0.1, 0.15) is 56.4 Å². The topological polar surface area (TPSA) is 245 Å². The third kappa shape index (κ3) is 7.94. The Bertz CT molecular complexity index is 2520. The zero-order valence-electron chi connectivity index (χ0n) is 34.1. The van der Waals surface area contributed by atoms with Crippen LogP contribution in [0.2, 0.25) is 0 Å². The average molecular weight is 843 g/mol. The Balaban J connectivity index is 1.16. The number of rotatable bonds is 15. The Hall–Kier alpha value is -5.17. The Labute approximate surface area is 350 Å². The molecule has 4 aliphatic heterocycles. The first-order chi connectivity index (χ1) is 29.1. The molecular formula is C45H52N3O13+. The third-order valence-electron chi connectivity index (χ3n) is 12.7. The number of hydrogen-bond donors (Lipinski definition) is 9. The molecule has 61 heavy (non-hydrogen) atoms. The molecule has 0 radical (unpaired) electrons. The number of quaternary nitrogens is 1. The van der Waals surface area contributed by atoms with Crippen LogP contribution in [-0.4, -0.2) is 109 Å². The van der Waals surface area contributed by atoms with Crippen molar-refractivity contribution < 1.29 is 64.4 Å². The van der Waals surface area contributed by atoms with Crippen LogP contribution < -0.4 is 20.4 Å². The molecule has 2 unspecified atom stereocenters. The van der Waals surface area contributed by atoms with Gasteiger partial charge in [-0.15, -0.1) is 0 Å². The Morgan fingerprint density at radius 1 is 1.07 bits per heavy atom. The molecular weight excluding hydrogens is 791 g/mol. The number of nitrogens with zero attached hydrogens (tertiary/aromatic N) is 1. The van der Waals surface area contributed by atoms with Gasteiger partial charge in [0.2, 0.25) is 17.2 Å². The maximum atomic E-state index is 13.6. The monoisotopic (exact) mass is 842 g/mol. The lowest BCUT2D eigenvalue weighted by Gasteiger charge is -2.43. The SMILES string of the molecule is CCC1C2=CC=NC2=C[NH+]1c1c2c(cc3c(=O)cc(C)oc13)C[C@@H](OOC[C@@](O)(Cc1ccc(O)c3ccc(O)cc13)[C@@H](O)[C@H](O)[C@H](O)CO)[C@@](C)(CC[C@@H]1CNC(=O)C1)O2. The van der Waals surface area contributed by atoms with E-state index in [1.807, 2.05) is 19.2 Å². The van der Waals surface area contributed by atoms with Crippen molar-refractivity contribution >= 4 is 39.6 Å². The second-order valence-corrected chi connectivity index (χ2v) is 17.0. The molecule has 4 aromatic rings. The third-order valence-corrected chi connectivity index (χ3v) is 12.7. The number of aliphatic hydroxyl groups excluding tert-OH is 4. The molecule has 5 heterocycles. The standard InChI is InChI=1S/C45H51N3O13/c1-4-33-29-10-12-46-32(29)20-48(33)39-41-26(15-31-35(52)13-23(2)59-42(31)39)16-37(44(3,60-41)11-9-24-14-38(54)47-19-24)61-58-22-45(57,43(56)40(55)36(53)21-49)18-25-5-8-34(51)28-7-6-27(50)17-30(25)28/h5-8,10,12-13,15,17,20,24,33,36-37,40,43,49-51,53,55-57H,4,9,11,14,16,18-19,21-22H2,1-3H3,(H,47,54)/p+1/t24-,33?,36+,37+,40+,43-,44+,45-/m0/s1. The van der Waals surface area contributed by atoms with Crippen molar-refractivity contribution in [3.8, 4) is 17.2 Å². The lowest BCUT2D eigenvalue weighted by atomic mass is 9.83. The second-order valence-electron chi connectivity index (χ2n) is 17.0. The number of allylic oxidation sites excluding steroid dienone is 1. The number of phenolic OH excluding ortho intramolecular Hbond substituents is 2. The zero-order valence-corrected chi connectivity index (χ0v) is 34.1. The molecule has 1 fully saturated rings. The molecule has 324 valence electrons. The number of benzene rings is 3. The van der Waals surface area contributed by atoms with E-state index in [1.165, 1.54) is 36.4 Å². The summed E-state index contributed by atoms with van der Waals surface area (Å²) in [6, 6.07) is 10.2. The minimum atomic E-state index is -2.40. The number of hydrogen-bond acceptors (Lipinski definition) is 14. The molecule has 0 bridgehead atoms. The van der Waals surface area contributed by atoms with Crippen LogP contribution in [0.3, 0.4) is 0 Å². The predicted molar refractivity (Wildman–Crippen MR) is 222 cm³/mol. The van der Waals surface area contributed by atoms with Gasteiger partial charge in [0.25, 0.3) is 0 Å². The van der Waals surface area contributed by atoms with Crippen molar-refractivity contribution in [3.05, 3.63) is 93.1 Å². The summed E-state index contributed by atoms with van der Waals surface area (Å²) in [5.41, 5.74) is 0.0984. The molecule has 9 N–H and O–H groups in total. The van der Waals surface area contributed by atoms with Gasteiger partial charge in [-0.05, 0) is 80.0 Å². The molecule has 1 saturated heterocycles. The van der Waals surface area contributed by atoms with Gasteiger partial charge in [0.1, 0.15) is 77.4 Å². The van der Waals surface area contributed by atoms with Crippen LogP contribution in [0.4, 0.5) is 5.69 Å². The van der Waals surface area contributed by atoms with Gasteiger partial charge in [-0.1, -0.05) is 13.0 Å². The lowest BCUT2D eigenvalue weighted by molar-refractivity contribution is -0.793. The summed E-state index contributed by atoms with van der Waals surface area (Å²) >= 11 is 0. The number of ether oxygens (including phenoxy) is 1. The fourth-order valence-electron chi connectivity index (χ4n) is 9.23. The van der Waals surface area contributed by atoms with Gasteiger partial charge in [-0.2, -0.15) is 0 Å². The first-order valence-corrected chi connectivity index (χ1v) is 20.6. The van der Waals surface area contributed by atoms with E-state index in [0.29, 0.717) is 75.9 Å². The summed E-state index contributed by atoms with van der Waals surface area (Å²) in [7, 11) is 0. The molecule has 3 aromatic carbocycles. The molecule has 1 amide bonds. The highest BCUT2D eigenvalue weighted by atomic mass is 17.2. The van der Waals surface area contributed by atoms with Gasteiger partial charge in [-0.25, -0.2) is 9.78 Å². The van der Waals surface area contributed by atoms with E-state index >= 15 is 0 Å². The maximum Gasteiger partial charge on any atom is 0.222 e. The number of aromatic hydroxyl groups is 2. The largest absolute Gasteiger partial charge is 0.508 e. The number of carbonyl (C=O) groups is 1. The normalized spacial score (nSPS) is 25.7. The highest BCUT2D eigenvalue weighted by molar-refractivity contribution is 5.92. The number of aliphatic imine (C=N–C) groups is 1. The van der Waals surface area contributed by atoms with Crippen molar-refractivity contribution in [1.29, 1.82) is 0 Å². The Morgan fingerprint density at radius 3 is 2.61 bits per heavy atom. The summed E-state index contributed by atoms with van der Waals surface area (Å²) in [5.74, 6) is 0.702. The van der Waals surface area contributed by atoms with Crippen molar-refractivity contribution in [2.75, 3.05) is 19.8 Å². The zero-order chi connectivity index (χ0) is 43.4. The molecule has 1 aromatic heterocycles. The number of nitrogens with one attached hydrogen (secondary N) is 2. The molecule has 0 aliphatic carbocycles. The fraction of sp³-hybridized carbons (Fsp3) is 0.444. The van der Waals surface area contributed by atoms with Crippen LogP contribution >= 0.6 is 0 Å². The van der Waals surface area contributed by atoms with Crippen molar-refractivity contribution in [3.63, 3.8) is 0 Å². The number of phenols is 2. The molecule has 16 nitrogen and oxygen atoms in total. The molecule has 16 heteroatoms. The summed E-state index contributed by atoms with van der Waals surface area (Å²) in [4.78, 5) is 43.4. The number of amides is 1. The van der Waals surface area contributed by atoms with Crippen molar-refractivity contribution in [2.24, 2.45) is 10.9 Å². The van der Waals surface area contributed by atoms with E-state index in [0.717, 1.165) is 22.6 Å². The van der Waals surface area contributed by atoms with E-state index in [9.17, 15) is 45.3 Å². The summed E-state index contributed by atoms with van der Waals surface area (Å²) in [5, 5.41) is 79.2. The minimum absolute atomic E-state index is 0.0227. The van der Waals surface area contributed by atoms with Gasteiger partial charge < -0.3 is 50.2 Å². The van der Waals surface area contributed by atoms with Crippen LogP contribution in [0.25, 0.3) is 21.7 Å². The summed E-state index contributed by atoms with van der Waals surface area (Å²) < 4.78 is 13.5. The van der Waals surface area contributed by atoms with Gasteiger partial charge in [-0.3, -0.25) is 19.5 Å². The molecule has 0 saturated carbocycles. The van der Waals surface area contributed by atoms with Gasteiger partial charge in [0, 0.05) is 61.0 Å². The first-order valence-electron chi connectivity index (χ1n) is 20.6. The first kappa shape index (κ1) is 42.5. The van der Waals surface area contributed by atoms with E-state index in [1.54, 1.807) is 19.2 Å². The maximum absolute atomic E-state index is 13.6. The second kappa shape index (κ2) is 16.6. The van der Waals surface area contributed by atoms with Crippen LogP contribution in [0, 0.1) is 12.8 Å². The number of aliphatic hydroxyl groups is 5. The Morgan fingerprint density at radius 2 is 1.87 bits per heavy atom. The van der Waals surface area contributed by atoms with Gasteiger partial charge in [0.05, 0.1) is 12.0 Å². The average Bonchev–Trinajstić information content (AvgIpc) is 3.96.